The largest absolute Gasteiger partial charge is 0.329 e. The van der Waals surface area contributed by atoms with Gasteiger partial charge in [0, 0.05) is 17.5 Å². The van der Waals surface area contributed by atoms with Crippen LogP contribution in [-0.4, -0.2) is 5.91 Å². The van der Waals surface area contributed by atoms with Crippen molar-refractivity contribution in [2.75, 3.05) is 0 Å². The highest BCUT2D eigenvalue weighted by Gasteiger charge is 2.24. The highest BCUT2D eigenvalue weighted by atomic mass is 16.1. The Labute approximate surface area is 168 Å². The lowest BCUT2D eigenvalue weighted by atomic mass is 9.85. The van der Waals surface area contributed by atoms with E-state index < -0.39 is 0 Å². The van der Waals surface area contributed by atoms with Crippen LogP contribution in [0.4, 0.5) is 0 Å². The van der Waals surface area contributed by atoms with E-state index in [0.29, 0.717) is 0 Å². The molecule has 0 aliphatic heterocycles. The van der Waals surface area contributed by atoms with Gasteiger partial charge in [-0.2, -0.15) is 0 Å². The Morgan fingerprint density at radius 2 is 1.46 bits per heavy atom. The summed E-state index contributed by atoms with van der Waals surface area (Å²) in [6.45, 7) is 0. The first kappa shape index (κ1) is 18.7. The second-order valence-electron chi connectivity index (χ2n) is 8.06. The Bertz CT molecular complexity index is 843. The quantitative estimate of drug-likeness (QED) is 0.634. The van der Waals surface area contributed by atoms with E-state index in [9.17, 15) is 4.79 Å². The molecule has 2 aromatic rings. The van der Waals surface area contributed by atoms with Crippen LogP contribution in [0.25, 0.3) is 5.57 Å². The van der Waals surface area contributed by atoms with Gasteiger partial charge in [0.2, 0.25) is 5.91 Å². The molecule has 144 valence electrons. The second-order valence-corrected chi connectivity index (χ2v) is 8.06. The summed E-state index contributed by atoms with van der Waals surface area (Å²) in [5.41, 5.74) is 4.73. The minimum Gasteiger partial charge on any atom is -0.329 e. The predicted octanol–water partition coefficient (Wildman–Crippen LogP) is 6.23. The van der Waals surface area contributed by atoms with Crippen LogP contribution in [0.1, 0.15) is 62.0 Å². The first-order chi connectivity index (χ1) is 13.8. The Morgan fingerprint density at radius 3 is 2.14 bits per heavy atom. The van der Waals surface area contributed by atoms with E-state index in [1.165, 1.54) is 42.4 Å². The summed E-state index contributed by atoms with van der Waals surface area (Å²) in [6, 6.07) is 21.1. The van der Waals surface area contributed by atoms with E-state index in [2.05, 4.69) is 72.1 Å². The smallest absolute Gasteiger partial charge is 0.227 e. The van der Waals surface area contributed by atoms with E-state index in [-0.39, 0.29) is 17.7 Å². The van der Waals surface area contributed by atoms with Gasteiger partial charge in [-0.15, -0.1) is 0 Å². The van der Waals surface area contributed by atoms with Crippen LogP contribution in [-0.2, 0) is 4.79 Å². The summed E-state index contributed by atoms with van der Waals surface area (Å²) < 4.78 is 0. The predicted molar refractivity (Wildman–Crippen MR) is 116 cm³/mol. The van der Waals surface area contributed by atoms with Crippen molar-refractivity contribution in [1.29, 1.82) is 0 Å². The standard InChI is InChI=1S/C26H29NO/c28-26(22-15-5-1-2-6-16-22)27-25-18-23(20-11-7-3-8-12-20)17-24(19-25)21-13-9-4-10-14-21/h3-4,7-14,17-18,22,24H,1-2,5-6,15-16,19H2,(H,27,28). The molecule has 2 nitrogen and oxygen atoms in total. The maximum atomic E-state index is 12.9. The van der Waals surface area contributed by atoms with Crippen LogP contribution in [0.2, 0.25) is 0 Å². The molecule has 1 N–H and O–H groups in total. The molecule has 0 saturated heterocycles. The van der Waals surface area contributed by atoms with Gasteiger partial charge in [0.05, 0.1) is 0 Å². The summed E-state index contributed by atoms with van der Waals surface area (Å²) in [4.78, 5) is 12.9. The van der Waals surface area contributed by atoms with Gasteiger partial charge in [-0.3, -0.25) is 4.79 Å². The molecular weight excluding hydrogens is 342 g/mol. The average Bonchev–Trinajstić information content (AvgIpc) is 3.04. The fourth-order valence-electron chi connectivity index (χ4n) is 4.42. The number of hydrogen-bond donors (Lipinski definition) is 1. The van der Waals surface area contributed by atoms with Crippen molar-refractivity contribution in [1.82, 2.24) is 5.32 Å². The van der Waals surface area contributed by atoms with Crippen LogP contribution in [0.3, 0.4) is 0 Å². The monoisotopic (exact) mass is 371 g/mol. The summed E-state index contributed by atoms with van der Waals surface area (Å²) in [6.07, 6.45) is 12.3. The molecule has 0 radical (unpaired) electrons. The summed E-state index contributed by atoms with van der Waals surface area (Å²) >= 11 is 0. The highest BCUT2D eigenvalue weighted by molar-refractivity contribution is 5.83. The van der Waals surface area contributed by atoms with Crippen molar-refractivity contribution in [3.05, 3.63) is 89.6 Å². The molecule has 2 heteroatoms. The van der Waals surface area contributed by atoms with Crippen molar-refractivity contribution in [2.24, 2.45) is 5.92 Å². The van der Waals surface area contributed by atoms with Crippen LogP contribution in [0.5, 0.6) is 0 Å². The normalized spacial score (nSPS) is 20.6. The van der Waals surface area contributed by atoms with Gasteiger partial charge < -0.3 is 5.32 Å². The van der Waals surface area contributed by atoms with Crippen molar-refractivity contribution < 1.29 is 4.79 Å². The fraction of sp³-hybridized carbons (Fsp3) is 0.346. The number of benzene rings is 2. The molecule has 2 aliphatic rings. The first-order valence-electron chi connectivity index (χ1n) is 10.6. The van der Waals surface area contributed by atoms with Gasteiger partial charge in [-0.05, 0) is 42.0 Å². The molecule has 0 aromatic heterocycles. The number of allylic oxidation sites excluding steroid dienone is 4. The molecular formula is C26H29NO. The van der Waals surface area contributed by atoms with Crippen molar-refractivity contribution in [3.8, 4) is 0 Å². The zero-order valence-electron chi connectivity index (χ0n) is 16.4. The molecule has 1 saturated carbocycles. The zero-order valence-corrected chi connectivity index (χ0v) is 16.4. The molecule has 1 unspecified atom stereocenters. The minimum atomic E-state index is 0.171. The SMILES string of the molecule is O=C(NC1=CC(c2ccccc2)=CC(c2ccccc2)C1)C1CCCCCC1. The number of amides is 1. The van der Waals surface area contributed by atoms with Gasteiger partial charge >= 0.3 is 0 Å². The van der Waals surface area contributed by atoms with Crippen molar-refractivity contribution in [3.63, 3.8) is 0 Å². The van der Waals surface area contributed by atoms with Crippen LogP contribution in [0, 0.1) is 5.92 Å². The summed E-state index contributed by atoms with van der Waals surface area (Å²) in [5, 5.41) is 3.30. The van der Waals surface area contributed by atoms with Crippen molar-refractivity contribution in [2.45, 2.75) is 50.9 Å². The Morgan fingerprint density at radius 1 is 0.821 bits per heavy atom. The second kappa shape index (κ2) is 9.05. The third kappa shape index (κ3) is 4.62. The van der Waals surface area contributed by atoms with Gasteiger partial charge in [0.15, 0.2) is 0 Å². The third-order valence-electron chi connectivity index (χ3n) is 5.99. The number of hydrogen-bond acceptors (Lipinski definition) is 1. The summed E-state index contributed by atoms with van der Waals surface area (Å²) in [7, 11) is 0. The highest BCUT2D eigenvalue weighted by Crippen LogP contribution is 2.34. The van der Waals surface area contributed by atoms with Crippen LogP contribution < -0.4 is 5.32 Å². The lowest BCUT2D eigenvalue weighted by Crippen LogP contribution is -2.31. The van der Waals surface area contributed by atoms with Gasteiger partial charge in [0.1, 0.15) is 0 Å². The molecule has 1 amide bonds. The number of nitrogens with one attached hydrogen (secondary N) is 1. The van der Waals surface area contributed by atoms with Gasteiger partial charge in [-0.25, -0.2) is 0 Å². The lowest BCUT2D eigenvalue weighted by Gasteiger charge is -2.24. The molecule has 0 bridgehead atoms. The zero-order chi connectivity index (χ0) is 19.2. The molecule has 1 fully saturated rings. The molecule has 28 heavy (non-hydrogen) atoms. The van der Waals surface area contributed by atoms with Crippen LogP contribution >= 0.6 is 0 Å². The molecule has 2 aromatic carbocycles. The maximum Gasteiger partial charge on any atom is 0.227 e. The van der Waals surface area contributed by atoms with Gasteiger partial charge in [-0.1, -0.05) is 92.4 Å². The molecule has 4 rings (SSSR count). The number of carbonyl (C=O) groups excluding carboxylic acids is 1. The maximum absolute atomic E-state index is 12.9. The Hall–Kier alpha value is -2.61. The molecule has 0 heterocycles. The van der Waals surface area contributed by atoms with Gasteiger partial charge in [0.25, 0.3) is 0 Å². The van der Waals surface area contributed by atoms with Crippen molar-refractivity contribution >= 4 is 11.5 Å². The number of carbonyl (C=O) groups is 1. The van der Waals surface area contributed by atoms with E-state index in [1.807, 2.05) is 6.07 Å². The summed E-state index contributed by atoms with van der Waals surface area (Å²) in [5.74, 6) is 0.671. The first-order valence-corrected chi connectivity index (χ1v) is 10.6. The van der Waals surface area contributed by atoms with Crippen LogP contribution in [0.15, 0.2) is 78.5 Å². The average molecular weight is 372 g/mol. The third-order valence-corrected chi connectivity index (χ3v) is 5.99. The molecule has 2 aliphatic carbocycles. The van der Waals surface area contributed by atoms with E-state index in [4.69, 9.17) is 0 Å². The number of rotatable bonds is 4. The Balaban J connectivity index is 1.58. The minimum absolute atomic E-state index is 0.171. The fourth-order valence-corrected chi connectivity index (χ4v) is 4.42. The van der Waals surface area contributed by atoms with E-state index in [1.54, 1.807) is 0 Å². The topological polar surface area (TPSA) is 29.1 Å². The van der Waals surface area contributed by atoms with E-state index in [0.717, 1.165) is 25.0 Å². The molecule has 0 spiro atoms. The molecule has 1 atom stereocenters. The lowest BCUT2D eigenvalue weighted by molar-refractivity contribution is -0.124. The Kier molecular flexibility index (Phi) is 6.06. The van der Waals surface area contributed by atoms with E-state index >= 15 is 0 Å².